The minimum Gasteiger partial charge on any atom is -0.493 e. The van der Waals surface area contributed by atoms with Crippen molar-refractivity contribution in [3.8, 4) is 5.75 Å². The fourth-order valence-corrected chi connectivity index (χ4v) is 2.72. The Balaban J connectivity index is 2.74. The van der Waals surface area contributed by atoms with E-state index < -0.39 is 12.6 Å². The van der Waals surface area contributed by atoms with Gasteiger partial charge in [-0.25, -0.2) is 0 Å². The summed E-state index contributed by atoms with van der Waals surface area (Å²) in [5, 5.41) is 0. The third-order valence-electron chi connectivity index (χ3n) is 2.40. The van der Waals surface area contributed by atoms with Crippen LogP contribution in [0.5, 0.6) is 5.75 Å². The number of halogens is 3. The van der Waals surface area contributed by atoms with Crippen LogP contribution in [0.15, 0.2) is 23.1 Å². The zero-order valence-electron chi connectivity index (χ0n) is 11.0. The Morgan fingerprint density at radius 1 is 1.40 bits per heavy atom. The van der Waals surface area contributed by atoms with Crippen LogP contribution in [0.2, 0.25) is 0 Å². The summed E-state index contributed by atoms with van der Waals surface area (Å²) in [6.07, 6.45) is -5.11. The van der Waals surface area contributed by atoms with Gasteiger partial charge in [0, 0.05) is 11.3 Å². The molecule has 0 fully saturated rings. The van der Waals surface area contributed by atoms with Crippen LogP contribution in [0, 0.1) is 0 Å². The van der Waals surface area contributed by atoms with Gasteiger partial charge in [0.25, 0.3) is 0 Å². The number of thiocarbonyl (C=S) groups is 1. The number of hydrogen-bond acceptors (Lipinski definition) is 3. The van der Waals surface area contributed by atoms with E-state index in [2.05, 4.69) is 0 Å². The van der Waals surface area contributed by atoms with Crippen LogP contribution in [-0.2, 0) is 0 Å². The smallest absolute Gasteiger partial charge is 0.389 e. The van der Waals surface area contributed by atoms with E-state index in [9.17, 15) is 13.2 Å². The minimum atomic E-state index is -4.16. The Bertz CT molecular complexity index is 463. The summed E-state index contributed by atoms with van der Waals surface area (Å²) in [7, 11) is 0. The van der Waals surface area contributed by atoms with Gasteiger partial charge in [0.1, 0.15) is 10.7 Å². The van der Waals surface area contributed by atoms with Crippen molar-refractivity contribution in [2.24, 2.45) is 5.73 Å². The van der Waals surface area contributed by atoms with E-state index in [0.717, 1.165) is 10.6 Å². The maximum Gasteiger partial charge on any atom is 0.389 e. The van der Waals surface area contributed by atoms with Gasteiger partial charge in [-0.3, -0.25) is 0 Å². The predicted octanol–water partition coefficient (Wildman–Crippen LogP) is 4.15. The first-order chi connectivity index (χ1) is 9.35. The fourth-order valence-electron chi connectivity index (χ4n) is 1.60. The molecule has 0 aliphatic heterocycles. The normalized spacial score (nSPS) is 11.4. The van der Waals surface area contributed by atoms with Crippen molar-refractivity contribution < 1.29 is 17.9 Å². The molecule has 2 nitrogen and oxygen atoms in total. The molecule has 0 aliphatic rings. The lowest BCUT2D eigenvalue weighted by atomic mass is 10.2. The van der Waals surface area contributed by atoms with Gasteiger partial charge in [-0.2, -0.15) is 13.2 Å². The molecule has 0 saturated heterocycles. The van der Waals surface area contributed by atoms with Crippen LogP contribution in [0.3, 0.4) is 0 Å². The maximum absolute atomic E-state index is 12.1. The molecular formula is C13H16F3NOS2. The Kier molecular flexibility index (Phi) is 6.61. The molecule has 112 valence electrons. The molecule has 1 aromatic rings. The van der Waals surface area contributed by atoms with Crippen LogP contribution >= 0.6 is 24.0 Å². The molecule has 0 spiro atoms. The molecule has 7 heteroatoms. The van der Waals surface area contributed by atoms with Gasteiger partial charge in [-0.05, 0) is 24.3 Å². The van der Waals surface area contributed by atoms with E-state index in [0.29, 0.717) is 11.3 Å². The largest absolute Gasteiger partial charge is 0.493 e. The van der Waals surface area contributed by atoms with E-state index in [1.165, 1.54) is 0 Å². The first-order valence-corrected chi connectivity index (χ1v) is 7.49. The molecule has 0 heterocycles. The monoisotopic (exact) mass is 323 g/mol. The van der Waals surface area contributed by atoms with Gasteiger partial charge < -0.3 is 10.5 Å². The van der Waals surface area contributed by atoms with Crippen LogP contribution < -0.4 is 10.5 Å². The molecule has 0 bridgehead atoms. The molecule has 0 aliphatic carbocycles. The first kappa shape index (κ1) is 17.1. The van der Waals surface area contributed by atoms with Gasteiger partial charge in [-0.1, -0.05) is 25.2 Å². The number of nitrogens with two attached hydrogens (primary N) is 1. The average Bonchev–Trinajstić information content (AvgIpc) is 2.33. The molecule has 0 saturated carbocycles. The molecule has 0 unspecified atom stereocenters. The Morgan fingerprint density at radius 3 is 2.65 bits per heavy atom. The lowest BCUT2D eigenvalue weighted by molar-refractivity contribution is -0.136. The van der Waals surface area contributed by atoms with E-state index in [1.807, 2.05) is 13.0 Å². The van der Waals surface area contributed by atoms with Crippen molar-refractivity contribution in [1.29, 1.82) is 0 Å². The number of thioether (sulfide) groups is 1. The highest BCUT2D eigenvalue weighted by Crippen LogP contribution is 2.30. The van der Waals surface area contributed by atoms with Gasteiger partial charge in [-0.15, -0.1) is 11.8 Å². The second-order valence-electron chi connectivity index (χ2n) is 3.99. The molecule has 0 atom stereocenters. The van der Waals surface area contributed by atoms with Crippen LogP contribution in [0.25, 0.3) is 0 Å². The highest BCUT2D eigenvalue weighted by atomic mass is 32.2. The molecule has 0 radical (unpaired) electrons. The number of hydrogen-bond donors (Lipinski definition) is 1. The van der Waals surface area contributed by atoms with E-state index in [1.54, 1.807) is 23.9 Å². The Hall–Kier alpha value is -0.950. The van der Waals surface area contributed by atoms with Gasteiger partial charge in [0.2, 0.25) is 0 Å². The second kappa shape index (κ2) is 7.73. The van der Waals surface area contributed by atoms with Crippen LogP contribution in [-0.4, -0.2) is 23.5 Å². The van der Waals surface area contributed by atoms with Crippen molar-refractivity contribution in [1.82, 2.24) is 0 Å². The molecule has 0 amide bonds. The number of ether oxygens (including phenoxy) is 1. The minimum absolute atomic E-state index is 0.0185. The number of alkyl halides is 3. The molecule has 0 aromatic heterocycles. The van der Waals surface area contributed by atoms with Gasteiger partial charge in [0.15, 0.2) is 0 Å². The summed E-state index contributed by atoms with van der Waals surface area (Å²) in [6.45, 7) is 1.97. The Morgan fingerprint density at radius 2 is 2.10 bits per heavy atom. The van der Waals surface area contributed by atoms with E-state index in [-0.39, 0.29) is 18.0 Å². The van der Waals surface area contributed by atoms with Crippen molar-refractivity contribution >= 4 is 29.0 Å². The third-order valence-corrected chi connectivity index (χ3v) is 3.54. The number of benzene rings is 1. The maximum atomic E-state index is 12.1. The van der Waals surface area contributed by atoms with E-state index >= 15 is 0 Å². The topological polar surface area (TPSA) is 35.2 Å². The highest BCUT2D eigenvalue weighted by molar-refractivity contribution is 7.99. The zero-order chi connectivity index (χ0) is 15.2. The fraction of sp³-hybridized carbons (Fsp3) is 0.462. The van der Waals surface area contributed by atoms with Crippen LogP contribution in [0.4, 0.5) is 13.2 Å². The zero-order valence-corrected chi connectivity index (χ0v) is 12.6. The van der Waals surface area contributed by atoms with Crippen molar-refractivity contribution in [3.63, 3.8) is 0 Å². The van der Waals surface area contributed by atoms with Crippen molar-refractivity contribution in [3.05, 3.63) is 23.8 Å². The lowest BCUT2D eigenvalue weighted by Crippen LogP contribution is -2.14. The summed E-state index contributed by atoms with van der Waals surface area (Å²) >= 11 is 6.55. The summed E-state index contributed by atoms with van der Waals surface area (Å²) in [4.78, 5) is 1.07. The first-order valence-electron chi connectivity index (χ1n) is 6.10. The summed E-state index contributed by atoms with van der Waals surface area (Å²) < 4.78 is 41.6. The summed E-state index contributed by atoms with van der Waals surface area (Å²) in [5.74, 6) is 1.28. The molecule has 1 rings (SSSR count). The number of rotatable bonds is 7. The SMILES string of the molecule is CCSc1cccc(OCCCC(F)(F)F)c1C(N)=S. The molecule has 20 heavy (non-hydrogen) atoms. The quantitative estimate of drug-likeness (QED) is 0.464. The van der Waals surface area contributed by atoms with E-state index in [4.69, 9.17) is 22.7 Å². The Labute approximate surface area is 125 Å². The third kappa shape index (κ3) is 5.58. The van der Waals surface area contributed by atoms with Crippen molar-refractivity contribution in [2.75, 3.05) is 12.4 Å². The molecule has 2 N–H and O–H groups in total. The predicted molar refractivity (Wildman–Crippen MR) is 79.5 cm³/mol. The standard InChI is InChI=1S/C13H16F3NOS2/c1-2-20-10-6-3-5-9(11(10)12(17)19)18-8-4-7-13(14,15)16/h3,5-6H,2,4,7-8H2,1H3,(H2,17,19). The van der Waals surface area contributed by atoms with Crippen LogP contribution in [0.1, 0.15) is 25.3 Å². The van der Waals surface area contributed by atoms with Gasteiger partial charge in [0.05, 0.1) is 12.2 Å². The second-order valence-corrected chi connectivity index (χ2v) is 5.74. The lowest BCUT2D eigenvalue weighted by Gasteiger charge is -2.14. The highest BCUT2D eigenvalue weighted by Gasteiger charge is 2.26. The molecule has 1 aromatic carbocycles. The van der Waals surface area contributed by atoms with Crippen molar-refractivity contribution in [2.45, 2.75) is 30.8 Å². The summed E-state index contributed by atoms with van der Waals surface area (Å²) in [6, 6.07) is 5.31. The molecular weight excluding hydrogens is 307 g/mol. The van der Waals surface area contributed by atoms with Gasteiger partial charge >= 0.3 is 6.18 Å². The average molecular weight is 323 g/mol. The summed E-state index contributed by atoms with van der Waals surface area (Å²) in [5.41, 5.74) is 6.28.